The lowest BCUT2D eigenvalue weighted by molar-refractivity contribution is -0.125. The molecule has 1 saturated carbocycles. The molecule has 0 aromatic heterocycles. The summed E-state index contributed by atoms with van der Waals surface area (Å²) in [7, 11) is 0. The number of nitriles is 1. The molecular weight excluding hydrogens is 304 g/mol. The lowest BCUT2D eigenvalue weighted by atomic mass is 9.85. The predicted octanol–water partition coefficient (Wildman–Crippen LogP) is 1.70. The molecule has 134 valence electrons. The van der Waals surface area contributed by atoms with Crippen LogP contribution < -0.4 is 11.1 Å². The average Bonchev–Trinajstić information content (AvgIpc) is 2.61. The number of nitrogens with zero attached hydrogens (tertiary/aromatic N) is 2. The Morgan fingerprint density at radius 2 is 1.92 bits per heavy atom. The van der Waals surface area contributed by atoms with E-state index in [1.165, 1.54) is 32.1 Å². The van der Waals surface area contributed by atoms with Gasteiger partial charge in [-0.1, -0.05) is 32.1 Å². The zero-order valence-electron chi connectivity index (χ0n) is 14.7. The molecule has 1 saturated heterocycles. The number of likely N-dealkylation sites (tertiary alicyclic amines) is 1. The van der Waals surface area contributed by atoms with Crippen molar-refractivity contribution in [3.05, 3.63) is 0 Å². The first kappa shape index (κ1) is 18.7. The summed E-state index contributed by atoms with van der Waals surface area (Å²) in [6, 6.07) is 1.97. The number of hydrogen-bond acceptors (Lipinski definition) is 4. The molecule has 3 N–H and O–H groups in total. The molecule has 24 heavy (non-hydrogen) atoms. The molecule has 0 bridgehead atoms. The van der Waals surface area contributed by atoms with Crippen LogP contribution in [0.25, 0.3) is 0 Å². The quantitative estimate of drug-likeness (QED) is 0.772. The third kappa shape index (κ3) is 4.94. The molecule has 1 aliphatic carbocycles. The Balaban J connectivity index is 1.80. The van der Waals surface area contributed by atoms with E-state index >= 15 is 0 Å². The fourth-order valence-electron chi connectivity index (χ4n) is 3.88. The highest BCUT2D eigenvalue weighted by Crippen LogP contribution is 2.28. The van der Waals surface area contributed by atoms with Crippen LogP contribution in [0.15, 0.2) is 0 Å². The van der Waals surface area contributed by atoms with E-state index in [2.05, 4.69) is 11.4 Å². The Morgan fingerprint density at radius 1 is 1.29 bits per heavy atom. The summed E-state index contributed by atoms with van der Waals surface area (Å²) in [5, 5.41) is 12.5. The van der Waals surface area contributed by atoms with Gasteiger partial charge in [-0.2, -0.15) is 5.26 Å². The van der Waals surface area contributed by atoms with Crippen LogP contribution in [0.4, 0.5) is 0 Å². The predicted molar refractivity (Wildman–Crippen MR) is 91.8 cm³/mol. The van der Waals surface area contributed by atoms with Crippen molar-refractivity contribution in [3.63, 3.8) is 0 Å². The van der Waals surface area contributed by atoms with Crippen LogP contribution in [-0.4, -0.2) is 41.4 Å². The number of piperidine rings is 1. The fourth-order valence-corrected chi connectivity index (χ4v) is 3.88. The minimum Gasteiger partial charge on any atom is -0.368 e. The molecule has 0 aromatic carbocycles. The van der Waals surface area contributed by atoms with Crippen LogP contribution >= 0.6 is 0 Å². The standard InChI is InChI=1S/C18H30N4O2/c1-14(17(20)24)22-11-9-18(13-19,10-12-22)21-16(23)8-7-15-5-3-2-4-6-15/h14-15H,2-12H2,1H3,(H2,20,24)(H,21,23). The van der Waals surface area contributed by atoms with E-state index in [-0.39, 0.29) is 17.9 Å². The summed E-state index contributed by atoms with van der Waals surface area (Å²) < 4.78 is 0. The Kier molecular flexibility index (Phi) is 6.61. The normalized spacial score (nSPS) is 23.2. The van der Waals surface area contributed by atoms with E-state index in [1.54, 1.807) is 6.92 Å². The van der Waals surface area contributed by atoms with Crippen LogP contribution in [0.2, 0.25) is 0 Å². The molecule has 0 aromatic rings. The molecule has 2 rings (SSSR count). The number of amides is 2. The van der Waals surface area contributed by atoms with E-state index in [0.29, 0.717) is 38.3 Å². The highest BCUT2D eigenvalue weighted by atomic mass is 16.2. The maximum Gasteiger partial charge on any atom is 0.234 e. The van der Waals surface area contributed by atoms with Crippen molar-refractivity contribution >= 4 is 11.8 Å². The molecule has 1 unspecified atom stereocenters. The van der Waals surface area contributed by atoms with Gasteiger partial charge in [-0.25, -0.2) is 0 Å². The van der Waals surface area contributed by atoms with Crippen molar-refractivity contribution in [3.8, 4) is 6.07 Å². The van der Waals surface area contributed by atoms with Crippen molar-refractivity contribution in [2.24, 2.45) is 11.7 Å². The number of nitrogens with one attached hydrogen (secondary N) is 1. The summed E-state index contributed by atoms with van der Waals surface area (Å²) in [6.45, 7) is 2.98. The van der Waals surface area contributed by atoms with Crippen LogP contribution in [0.1, 0.15) is 64.7 Å². The fraction of sp³-hybridized carbons (Fsp3) is 0.833. The van der Waals surface area contributed by atoms with Gasteiger partial charge >= 0.3 is 0 Å². The molecule has 6 nitrogen and oxygen atoms in total. The summed E-state index contributed by atoms with van der Waals surface area (Å²) in [5.41, 5.74) is 4.55. The van der Waals surface area contributed by atoms with Crippen LogP contribution in [-0.2, 0) is 9.59 Å². The van der Waals surface area contributed by atoms with Gasteiger partial charge in [-0.3, -0.25) is 14.5 Å². The average molecular weight is 334 g/mol. The van der Waals surface area contributed by atoms with Gasteiger partial charge in [-0.05, 0) is 32.1 Å². The Bertz CT molecular complexity index is 486. The summed E-state index contributed by atoms with van der Waals surface area (Å²) in [4.78, 5) is 25.6. The highest BCUT2D eigenvalue weighted by Gasteiger charge is 2.38. The SMILES string of the molecule is CC(C(N)=O)N1CCC(C#N)(NC(=O)CCC2CCCCC2)CC1. The minimum atomic E-state index is -0.794. The number of carbonyl (C=O) groups excluding carboxylic acids is 2. The van der Waals surface area contributed by atoms with E-state index in [9.17, 15) is 14.9 Å². The Hall–Kier alpha value is -1.61. The molecule has 2 aliphatic rings. The number of hydrogen-bond donors (Lipinski definition) is 2. The zero-order valence-corrected chi connectivity index (χ0v) is 14.7. The van der Waals surface area contributed by atoms with Crippen LogP contribution in [0.3, 0.4) is 0 Å². The summed E-state index contributed by atoms with van der Waals surface area (Å²) in [6.07, 6.45) is 8.86. The van der Waals surface area contributed by atoms with E-state index in [1.807, 2.05) is 4.90 Å². The maximum atomic E-state index is 12.3. The Labute approximate surface area is 144 Å². The zero-order chi connectivity index (χ0) is 17.6. The van der Waals surface area contributed by atoms with Crippen molar-refractivity contribution in [1.29, 1.82) is 5.26 Å². The van der Waals surface area contributed by atoms with Crippen LogP contribution in [0, 0.1) is 17.2 Å². The van der Waals surface area contributed by atoms with Gasteiger partial charge in [0.25, 0.3) is 0 Å². The molecule has 2 amide bonds. The van der Waals surface area contributed by atoms with Crippen molar-refractivity contribution in [2.45, 2.75) is 76.3 Å². The maximum absolute atomic E-state index is 12.3. The molecule has 6 heteroatoms. The Morgan fingerprint density at radius 3 is 2.46 bits per heavy atom. The van der Waals surface area contributed by atoms with E-state index in [4.69, 9.17) is 5.73 Å². The first-order valence-corrected chi connectivity index (χ1v) is 9.21. The third-order valence-corrected chi connectivity index (χ3v) is 5.71. The molecule has 1 heterocycles. The topological polar surface area (TPSA) is 99.2 Å². The number of primary amides is 1. The van der Waals surface area contributed by atoms with Crippen molar-refractivity contribution in [2.75, 3.05) is 13.1 Å². The van der Waals surface area contributed by atoms with Crippen molar-refractivity contribution < 1.29 is 9.59 Å². The second kappa shape index (κ2) is 8.48. The molecular formula is C18H30N4O2. The highest BCUT2D eigenvalue weighted by molar-refractivity contribution is 5.79. The number of nitrogens with two attached hydrogens (primary N) is 1. The van der Waals surface area contributed by atoms with Gasteiger partial charge in [0.2, 0.25) is 11.8 Å². The molecule has 2 fully saturated rings. The van der Waals surface area contributed by atoms with E-state index in [0.717, 1.165) is 6.42 Å². The molecule has 1 aliphatic heterocycles. The van der Waals surface area contributed by atoms with E-state index < -0.39 is 5.54 Å². The number of carbonyl (C=O) groups is 2. The first-order valence-electron chi connectivity index (χ1n) is 9.21. The molecule has 0 spiro atoms. The molecule has 0 radical (unpaired) electrons. The van der Waals surface area contributed by atoms with Gasteiger partial charge in [-0.15, -0.1) is 0 Å². The number of rotatable bonds is 6. The van der Waals surface area contributed by atoms with Crippen LogP contribution in [0.5, 0.6) is 0 Å². The lowest BCUT2D eigenvalue weighted by Crippen LogP contribution is -2.57. The molecule has 1 atom stereocenters. The van der Waals surface area contributed by atoms with Gasteiger partial charge in [0.1, 0.15) is 5.54 Å². The summed E-state index contributed by atoms with van der Waals surface area (Å²) in [5.74, 6) is 0.301. The van der Waals surface area contributed by atoms with Crippen molar-refractivity contribution in [1.82, 2.24) is 10.2 Å². The van der Waals surface area contributed by atoms with Gasteiger partial charge < -0.3 is 11.1 Å². The largest absolute Gasteiger partial charge is 0.368 e. The second-order valence-corrected chi connectivity index (χ2v) is 7.40. The van der Waals surface area contributed by atoms with Gasteiger partial charge in [0.15, 0.2) is 0 Å². The third-order valence-electron chi connectivity index (χ3n) is 5.71. The lowest BCUT2D eigenvalue weighted by Gasteiger charge is -2.39. The smallest absolute Gasteiger partial charge is 0.234 e. The minimum absolute atomic E-state index is 0.0153. The van der Waals surface area contributed by atoms with Gasteiger partial charge in [0, 0.05) is 19.5 Å². The van der Waals surface area contributed by atoms with Gasteiger partial charge in [0.05, 0.1) is 12.1 Å². The second-order valence-electron chi connectivity index (χ2n) is 7.40. The monoisotopic (exact) mass is 334 g/mol. The summed E-state index contributed by atoms with van der Waals surface area (Å²) >= 11 is 0. The first-order chi connectivity index (χ1) is 11.5.